The van der Waals surface area contributed by atoms with Gasteiger partial charge in [-0.05, 0) is 23.8 Å². The third kappa shape index (κ3) is 2.52. The quantitative estimate of drug-likeness (QED) is 0.494. The third-order valence-corrected chi connectivity index (χ3v) is 4.08. The van der Waals surface area contributed by atoms with E-state index in [1.54, 1.807) is 49.2 Å². The van der Waals surface area contributed by atoms with Crippen LogP contribution in [0.1, 0.15) is 11.1 Å². The number of carbonyl (C=O) groups is 1. The summed E-state index contributed by atoms with van der Waals surface area (Å²) in [7, 11) is 5.23. The Labute approximate surface area is 139 Å². The molecule has 0 saturated heterocycles. The minimum absolute atomic E-state index is 0.0152. The lowest BCUT2D eigenvalue weighted by molar-refractivity contribution is -0.384. The summed E-state index contributed by atoms with van der Waals surface area (Å²) >= 11 is 0. The molecule has 1 aliphatic heterocycles. The highest BCUT2D eigenvalue weighted by molar-refractivity contribution is 6.35. The van der Waals surface area contributed by atoms with Crippen LogP contribution in [0.25, 0.3) is 11.6 Å². The number of rotatable bonds is 3. The Hall–Kier alpha value is -3.15. The highest BCUT2D eigenvalue weighted by Gasteiger charge is 2.29. The van der Waals surface area contributed by atoms with Gasteiger partial charge in [-0.1, -0.05) is 24.3 Å². The molecule has 0 fully saturated rings. The molecule has 0 spiro atoms. The number of hydrogen-bond donors (Lipinski definition) is 0. The van der Waals surface area contributed by atoms with Crippen LogP contribution in [0.3, 0.4) is 0 Å². The molecule has 122 valence electrons. The van der Waals surface area contributed by atoms with Gasteiger partial charge >= 0.3 is 0 Å². The van der Waals surface area contributed by atoms with E-state index in [0.29, 0.717) is 16.8 Å². The second kappa shape index (κ2) is 5.81. The van der Waals surface area contributed by atoms with E-state index in [-0.39, 0.29) is 11.6 Å². The number of fused-ring (bicyclic) bond motifs is 1. The molecule has 0 bridgehead atoms. The Morgan fingerprint density at radius 3 is 2.54 bits per heavy atom. The van der Waals surface area contributed by atoms with Crippen LogP contribution in [-0.2, 0) is 4.79 Å². The molecule has 24 heavy (non-hydrogen) atoms. The van der Waals surface area contributed by atoms with E-state index in [0.717, 1.165) is 11.3 Å². The van der Waals surface area contributed by atoms with Crippen LogP contribution >= 0.6 is 0 Å². The van der Waals surface area contributed by atoms with E-state index < -0.39 is 4.92 Å². The molecule has 2 aromatic carbocycles. The molecular weight excluding hydrogens is 306 g/mol. The van der Waals surface area contributed by atoms with Gasteiger partial charge < -0.3 is 9.80 Å². The second-order valence-electron chi connectivity index (χ2n) is 5.84. The number of carbonyl (C=O) groups excluding carboxylic acids is 1. The molecule has 0 aliphatic carbocycles. The summed E-state index contributed by atoms with van der Waals surface area (Å²) in [5.74, 6) is -0.115. The number of nitrogens with zero attached hydrogens (tertiary/aromatic N) is 3. The van der Waals surface area contributed by atoms with Gasteiger partial charge in [0, 0.05) is 38.3 Å². The van der Waals surface area contributed by atoms with Gasteiger partial charge in [-0.3, -0.25) is 14.9 Å². The molecule has 1 aliphatic rings. The van der Waals surface area contributed by atoms with Gasteiger partial charge in [0.25, 0.3) is 11.6 Å². The van der Waals surface area contributed by atoms with Crippen molar-refractivity contribution in [3.63, 3.8) is 0 Å². The van der Waals surface area contributed by atoms with E-state index >= 15 is 0 Å². The average Bonchev–Trinajstić information content (AvgIpc) is 2.80. The number of amides is 1. The van der Waals surface area contributed by atoms with Gasteiger partial charge in [-0.15, -0.1) is 0 Å². The van der Waals surface area contributed by atoms with Crippen molar-refractivity contribution in [2.24, 2.45) is 0 Å². The lowest BCUT2D eigenvalue weighted by Gasteiger charge is -2.12. The zero-order chi connectivity index (χ0) is 17.4. The van der Waals surface area contributed by atoms with Crippen LogP contribution in [-0.4, -0.2) is 32.0 Å². The van der Waals surface area contributed by atoms with Crippen molar-refractivity contribution in [1.29, 1.82) is 0 Å². The molecule has 0 aromatic heterocycles. The average molecular weight is 323 g/mol. The van der Waals surface area contributed by atoms with E-state index in [4.69, 9.17) is 0 Å². The third-order valence-electron chi connectivity index (χ3n) is 4.08. The molecule has 0 atom stereocenters. The fraction of sp³-hybridized carbons (Fsp3) is 0.167. The summed E-state index contributed by atoms with van der Waals surface area (Å²) in [6, 6.07) is 12.5. The van der Waals surface area contributed by atoms with Crippen LogP contribution in [0.5, 0.6) is 0 Å². The Balaban J connectivity index is 2.11. The molecule has 0 saturated carbocycles. The van der Waals surface area contributed by atoms with Crippen molar-refractivity contribution in [2.75, 3.05) is 30.9 Å². The standard InChI is InChI=1S/C18H17N3O3/c1-19(2)16-9-8-12(11-17(16)21(23)24)10-14-13-6-4-5-7-15(13)20(3)18(14)22/h4-11H,1-3H3. The smallest absolute Gasteiger partial charge is 0.293 e. The first kappa shape index (κ1) is 15.7. The van der Waals surface area contributed by atoms with Crippen LogP contribution in [0.15, 0.2) is 42.5 Å². The van der Waals surface area contributed by atoms with Crippen molar-refractivity contribution in [2.45, 2.75) is 0 Å². The van der Waals surface area contributed by atoms with E-state index in [1.807, 2.05) is 24.3 Å². The molecular formula is C18H17N3O3. The molecule has 6 nitrogen and oxygen atoms in total. The van der Waals surface area contributed by atoms with Crippen molar-refractivity contribution >= 4 is 34.6 Å². The summed E-state index contributed by atoms with van der Waals surface area (Å²) in [6.45, 7) is 0. The van der Waals surface area contributed by atoms with Gasteiger partial charge in [-0.25, -0.2) is 0 Å². The molecule has 3 rings (SSSR count). The van der Waals surface area contributed by atoms with Gasteiger partial charge in [0.2, 0.25) is 0 Å². The van der Waals surface area contributed by atoms with Crippen LogP contribution < -0.4 is 9.80 Å². The topological polar surface area (TPSA) is 66.7 Å². The van der Waals surface area contributed by atoms with Crippen LogP contribution in [0.4, 0.5) is 17.1 Å². The number of nitro benzene ring substituents is 1. The molecule has 0 unspecified atom stereocenters. The predicted octanol–water partition coefficient (Wildman–Crippen LogP) is 3.18. The Morgan fingerprint density at radius 2 is 1.88 bits per heavy atom. The van der Waals surface area contributed by atoms with E-state index in [1.165, 1.54) is 6.07 Å². The summed E-state index contributed by atoms with van der Waals surface area (Å²) < 4.78 is 0. The Bertz CT molecular complexity index is 872. The number of likely N-dealkylation sites (N-methyl/N-ethyl adjacent to an activating group) is 1. The van der Waals surface area contributed by atoms with E-state index in [2.05, 4.69) is 0 Å². The zero-order valence-corrected chi connectivity index (χ0v) is 13.7. The number of para-hydroxylation sites is 1. The number of hydrogen-bond acceptors (Lipinski definition) is 4. The molecule has 6 heteroatoms. The summed E-state index contributed by atoms with van der Waals surface area (Å²) in [5.41, 5.74) is 3.39. The van der Waals surface area contributed by atoms with Crippen molar-refractivity contribution in [3.05, 3.63) is 63.7 Å². The second-order valence-corrected chi connectivity index (χ2v) is 5.84. The van der Waals surface area contributed by atoms with Crippen LogP contribution in [0, 0.1) is 10.1 Å². The fourth-order valence-electron chi connectivity index (χ4n) is 2.86. The maximum atomic E-state index is 12.5. The van der Waals surface area contributed by atoms with Gasteiger partial charge in [0.05, 0.1) is 10.6 Å². The molecule has 1 amide bonds. The van der Waals surface area contributed by atoms with Crippen molar-refractivity contribution < 1.29 is 9.72 Å². The SMILES string of the molecule is CN(C)c1ccc(C=C2C(=O)N(C)c3ccccc32)cc1[N+](=O)[O-]. The molecule has 0 N–H and O–H groups in total. The lowest BCUT2D eigenvalue weighted by atomic mass is 10.0. The van der Waals surface area contributed by atoms with Crippen LogP contribution in [0.2, 0.25) is 0 Å². The van der Waals surface area contributed by atoms with Gasteiger partial charge in [0.1, 0.15) is 5.69 Å². The number of anilines is 2. The first-order valence-corrected chi connectivity index (χ1v) is 7.45. The highest BCUT2D eigenvalue weighted by atomic mass is 16.6. The zero-order valence-electron chi connectivity index (χ0n) is 13.7. The maximum Gasteiger partial charge on any atom is 0.293 e. The number of benzene rings is 2. The predicted molar refractivity (Wildman–Crippen MR) is 95.1 cm³/mol. The normalized spacial score (nSPS) is 14.9. The minimum atomic E-state index is -0.409. The lowest BCUT2D eigenvalue weighted by Crippen LogP contribution is -2.20. The van der Waals surface area contributed by atoms with Crippen molar-refractivity contribution in [1.82, 2.24) is 0 Å². The molecule has 2 aromatic rings. The minimum Gasteiger partial charge on any atom is -0.372 e. The first-order chi connectivity index (χ1) is 11.4. The highest BCUT2D eigenvalue weighted by Crippen LogP contribution is 2.37. The largest absolute Gasteiger partial charge is 0.372 e. The first-order valence-electron chi connectivity index (χ1n) is 7.45. The monoisotopic (exact) mass is 323 g/mol. The Morgan fingerprint density at radius 1 is 1.17 bits per heavy atom. The summed E-state index contributed by atoms with van der Waals surface area (Å²) in [4.78, 5) is 26.7. The molecule has 1 heterocycles. The number of nitro groups is 1. The van der Waals surface area contributed by atoms with Crippen molar-refractivity contribution in [3.8, 4) is 0 Å². The maximum absolute atomic E-state index is 12.5. The summed E-state index contributed by atoms with van der Waals surface area (Å²) in [5, 5.41) is 11.3. The fourth-order valence-corrected chi connectivity index (χ4v) is 2.86. The van der Waals surface area contributed by atoms with E-state index in [9.17, 15) is 14.9 Å². The molecule has 0 radical (unpaired) electrons. The Kier molecular flexibility index (Phi) is 3.81. The summed E-state index contributed by atoms with van der Waals surface area (Å²) in [6.07, 6.45) is 1.71. The van der Waals surface area contributed by atoms with Gasteiger partial charge in [0.15, 0.2) is 0 Å². The van der Waals surface area contributed by atoms with Gasteiger partial charge in [-0.2, -0.15) is 0 Å².